The van der Waals surface area contributed by atoms with Crippen molar-refractivity contribution in [2.45, 2.75) is 132 Å². The number of aryl methyl sites for hydroxylation is 2. The molecule has 0 saturated heterocycles. The van der Waals surface area contributed by atoms with Crippen LogP contribution >= 0.6 is 0 Å². The van der Waals surface area contributed by atoms with E-state index in [1.807, 2.05) is 6.07 Å². The van der Waals surface area contributed by atoms with Gasteiger partial charge in [-0.05, 0) is 152 Å². The van der Waals surface area contributed by atoms with Crippen LogP contribution in [0, 0.1) is 56.7 Å². The van der Waals surface area contributed by atoms with E-state index in [2.05, 4.69) is 66.7 Å². The lowest BCUT2D eigenvalue weighted by Gasteiger charge is -2.71. The van der Waals surface area contributed by atoms with Gasteiger partial charge in [-0.1, -0.05) is 66.2 Å². The summed E-state index contributed by atoms with van der Waals surface area (Å²) in [6, 6.07) is 6.39. The van der Waals surface area contributed by atoms with E-state index < -0.39 is 5.41 Å². The van der Waals surface area contributed by atoms with Gasteiger partial charge in [0, 0.05) is 0 Å². The summed E-state index contributed by atoms with van der Waals surface area (Å²) in [6.45, 7) is 17.3. The van der Waals surface area contributed by atoms with Crippen LogP contribution in [0.3, 0.4) is 0 Å². The van der Waals surface area contributed by atoms with Crippen molar-refractivity contribution in [3.05, 3.63) is 41.0 Å². The smallest absolute Gasteiger partial charge is 0.318 e. The van der Waals surface area contributed by atoms with Crippen molar-refractivity contribution in [3.8, 4) is 5.75 Å². The van der Waals surface area contributed by atoms with Gasteiger partial charge in [0.1, 0.15) is 5.75 Å². The van der Waals surface area contributed by atoms with Crippen LogP contribution in [0.4, 0.5) is 0 Å². The number of carbonyl (C=O) groups excluding carboxylic acids is 1. The second-order valence-corrected chi connectivity index (χ2v) is 17.4. The third kappa shape index (κ3) is 3.70. The minimum atomic E-state index is -0.419. The maximum absolute atomic E-state index is 14.5. The van der Waals surface area contributed by atoms with E-state index in [4.69, 9.17) is 4.74 Å². The quantitative estimate of drug-likeness (QED) is 0.218. The molecule has 6 aliphatic carbocycles. The van der Waals surface area contributed by atoms with Gasteiger partial charge in [-0.15, -0.1) is 0 Å². The molecule has 0 heterocycles. The van der Waals surface area contributed by atoms with Gasteiger partial charge in [-0.2, -0.15) is 0 Å². The van der Waals surface area contributed by atoms with Gasteiger partial charge >= 0.3 is 5.97 Å². The predicted octanol–water partition coefficient (Wildman–Crippen LogP) is 9.10. The Morgan fingerprint density at radius 2 is 1.64 bits per heavy atom. The number of aliphatic hydroxyl groups is 1. The minimum absolute atomic E-state index is 0.0322. The Bertz CT molecular complexity index is 1310. The number of hydrogen-bond donors (Lipinski definition) is 1. The molecule has 10 atom stereocenters. The summed E-state index contributed by atoms with van der Waals surface area (Å²) in [5.41, 5.74) is 4.49. The maximum atomic E-state index is 14.5. The topological polar surface area (TPSA) is 46.5 Å². The lowest BCUT2D eigenvalue weighted by Crippen LogP contribution is -2.65. The summed E-state index contributed by atoms with van der Waals surface area (Å²) in [7, 11) is 0. The van der Waals surface area contributed by atoms with Gasteiger partial charge < -0.3 is 9.84 Å². The van der Waals surface area contributed by atoms with Crippen LogP contribution in [0.15, 0.2) is 29.8 Å². The van der Waals surface area contributed by atoms with E-state index in [-0.39, 0.29) is 39.7 Å². The first-order valence-corrected chi connectivity index (χ1v) is 17.5. The number of aliphatic hydroxyl groups excluding tert-OH is 1. The average Bonchev–Trinajstić information content (AvgIpc) is 3.41. The maximum Gasteiger partial charge on any atom is 0.318 e. The van der Waals surface area contributed by atoms with E-state index in [1.165, 1.54) is 30.4 Å². The molecule has 4 fully saturated rings. The second-order valence-electron chi connectivity index (χ2n) is 17.4. The Balaban J connectivity index is 1.26. The van der Waals surface area contributed by atoms with Gasteiger partial charge in [0.05, 0.1) is 11.5 Å². The zero-order valence-electron chi connectivity index (χ0n) is 27.5. The fraction of sp³-hybridized carbons (Fsp3) is 0.769. The van der Waals surface area contributed by atoms with Crippen molar-refractivity contribution in [2.75, 3.05) is 0 Å². The molecular formula is C39H56O3. The molecule has 0 radical (unpaired) electrons. The highest BCUT2D eigenvalue weighted by molar-refractivity contribution is 5.81. The van der Waals surface area contributed by atoms with E-state index in [0.29, 0.717) is 23.7 Å². The number of allylic oxidation sites excluding steroid dienone is 2. The third-order valence-electron chi connectivity index (χ3n) is 15.7. The summed E-state index contributed by atoms with van der Waals surface area (Å²) >= 11 is 0. The molecule has 3 nitrogen and oxygen atoms in total. The van der Waals surface area contributed by atoms with Gasteiger partial charge in [0.25, 0.3) is 0 Å². The first kappa shape index (κ1) is 29.1. The number of carbonyl (C=O) groups is 1. The molecule has 0 aliphatic heterocycles. The number of rotatable bonds is 2. The fourth-order valence-electron chi connectivity index (χ4n) is 12.7. The summed E-state index contributed by atoms with van der Waals surface area (Å²) in [6.07, 6.45) is 15.6. The molecule has 0 aromatic heterocycles. The van der Waals surface area contributed by atoms with Crippen molar-refractivity contribution in [1.82, 2.24) is 0 Å². The second kappa shape index (κ2) is 9.45. The molecule has 7 rings (SSSR count). The SMILES string of the molecule is C[C@H]1[C@H](C)CC[C@]2(C(=O)Oc3ccc4c(c3)CCC4)CC[C@]3(C)C(=CC[C@@H]4[C@@]5(C)CC[C@H](O)C(C)(C)[C@@H]5CC[C@]43C)[C@H]12. The summed E-state index contributed by atoms with van der Waals surface area (Å²) in [5.74, 6) is 3.31. The van der Waals surface area contributed by atoms with Gasteiger partial charge in [-0.3, -0.25) is 4.79 Å². The minimum Gasteiger partial charge on any atom is -0.426 e. The number of benzene rings is 1. The standard InChI is InChI=1S/C39H56O3/c1-24-15-20-39(34(41)42-28-12-11-26-9-8-10-27(26)23-28)22-21-37(6)29(33(39)25(24)2)13-14-31-36(5)18-17-32(40)35(3,4)30(36)16-19-38(31,37)7/h11-13,23-25,30-33,40H,8-10,14-22H2,1-7H3/t24-,25+,30+,31-,32+,33+,36+,37-,38-,39+/m1/s1. The van der Waals surface area contributed by atoms with Crippen molar-refractivity contribution in [1.29, 1.82) is 0 Å². The van der Waals surface area contributed by atoms with Crippen molar-refractivity contribution >= 4 is 5.97 Å². The monoisotopic (exact) mass is 572 g/mol. The highest BCUT2D eigenvalue weighted by Crippen LogP contribution is 2.75. The molecule has 1 N–H and O–H groups in total. The van der Waals surface area contributed by atoms with E-state index in [9.17, 15) is 9.90 Å². The molecule has 4 saturated carbocycles. The Morgan fingerprint density at radius 3 is 2.43 bits per heavy atom. The van der Waals surface area contributed by atoms with Gasteiger partial charge in [0.2, 0.25) is 0 Å². The first-order valence-electron chi connectivity index (χ1n) is 17.5. The number of ether oxygens (including phenoxy) is 1. The van der Waals surface area contributed by atoms with Crippen LogP contribution in [0.2, 0.25) is 0 Å². The van der Waals surface area contributed by atoms with Crippen LogP contribution in [0.1, 0.15) is 124 Å². The Hall–Kier alpha value is -1.61. The zero-order valence-corrected chi connectivity index (χ0v) is 27.5. The molecule has 0 amide bonds. The highest BCUT2D eigenvalue weighted by Gasteiger charge is 2.69. The molecule has 0 spiro atoms. The fourth-order valence-corrected chi connectivity index (χ4v) is 12.7. The van der Waals surface area contributed by atoms with E-state index in [1.54, 1.807) is 5.57 Å². The summed E-state index contributed by atoms with van der Waals surface area (Å²) in [4.78, 5) is 14.5. The Morgan fingerprint density at radius 1 is 0.881 bits per heavy atom. The first-order chi connectivity index (χ1) is 19.8. The number of fused-ring (bicyclic) bond motifs is 8. The average molecular weight is 573 g/mol. The van der Waals surface area contributed by atoms with Crippen molar-refractivity contribution in [3.63, 3.8) is 0 Å². The summed E-state index contributed by atoms with van der Waals surface area (Å²) < 4.78 is 6.40. The van der Waals surface area contributed by atoms with Crippen molar-refractivity contribution < 1.29 is 14.6 Å². The molecular weight excluding hydrogens is 516 g/mol. The molecule has 0 unspecified atom stereocenters. The number of hydrogen-bond acceptors (Lipinski definition) is 3. The molecule has 1 aromatic rings. The highest BCUT2D eigenvalue weighted by atomic mass is 16.5. The summed E-state index contributed by atoms with van der Waals surface area (Å²) in [5, 5.41) is 11.0. The van der Waals surface area contributed by atoms with Gasteiger partial charge in [0.15, 0.2) is 0 Å². The van der Waals surface area contributed by atoms with Crippen LogP contribution < -0.4 is 4.74 Å². The van der Waals surface area contributed by atoms with Crippen LogP contribution in [0.5, 0.6) is 5.75 Å². The lowest BCUT2D eigenvalue weighted by atomic mass is 9.33. The number of esters is 1. The molecule has 3 heteroatoms. The predicted molar refractivity (Wildman–Crippen MR) is 169 cm³/mol. The van der Waals surface area contributed by atoms with Crippen molar-refractivity contribution in [2.24, 2.45) is 56.7 Å². The molecule has 1 aromatic carbocycles. The Kier molecular flexibility index (Phi) is 6.55. The molecule has 6 aliphatic rings. The molecule has 230 valence electrons. The van der Waals surface area contributed by atoms with Crippen LogP contribution in [-0.2, 0) is 17.6 Å². The largest absolute Gasteiger partial charge is 0.426 e. The van der Waals surface area contributed by atoms with E-state index in [0.717, 1.165) is 63.5 Å². The van der Waals surface area contributed by atoms with E-state index >= 15 is 0 Å². The lowest BCUT2D eigenvalue weighted by molar-refractivity contribution is -0.206. The van der Waals surface area contributed by atoms with Crippen LogP contribution in [0.25, 0.3) is 0 Å². The molecule has 0 bridgehead atoms. The van der Waals surface area contributed by atoms with Crippen LogP contribution in [-0.4, -0.2) is 17.2 Å². The normalized spacial score (nSPS) is 47.2. The molecule has 42 heavy (non-hydrogen) atoms. The third-order valence-corrected chi connectivity index (χ3v) is 15.7. The Labute approximate surface area is 255 Å². The zero-order chi connectivity index (χ0) is 29.9. The van der Waals surface area contributed by atoms with Gasteiger partial charge in [-0.25, -0.2) is 0 Å².